The third-order valence-corrected chi connectivity index (χ3v) is 3.23. The van der Waals surface area contributed by atoms with Crippen molar-refractivity contribution < 1.29 is 9.53 Å². The topological polar surface area (TPSA) is 55.6 Å². The molecular formula is C14H20N2O2. The van der Waals surface area contributed by atoms with Crippen LogP contribution in [0.1, 0.15) is 19.8 Å². The minimum Gasteiger partial charge on any atom is -0.484 e. The van der Waals surface area contributed by atoms with Gasteiger partial charge in [-0.1, -0.05) is 13.0 Å². The van der Waals surface area contributed by atoms with Gasteiger partial charge in [0.05, 0.1) is 0 Å². The van der Waals surface area contributed by atoms with E-state index < -0.39 is 0 Å². The quantitative estimate of drug-likeness (QED) is 0.831. The summed E-state index contributed by atoms with van der Waals surface area (Å²) >= 11 is 0. The molecule has 1 aliphatic rings. The third-order valence-electron chi connectivity index (χ3n) is 3.23. The highest BCUT2D eigenvalue weighted by molar-refractivity contribution is 5.77. The van der Waals surface area contributed by atoms with E-state index in [2.05, 4.69) is 6.92 Å². The number of nitrogen functional groups attached to an aromatic ring is 1. The number of nitrogens with two attached hydrogens (primary N) is 1. The fourth-order valence-electron chi connectivity index (χ4n) is 2.26. The molecule has 1 aliphatic heterocycles. The van der Waals surface area contributed by atoms with Crippen LogP contribution in [0.15, 0.2) is 24.3 Å². The van der Waals surface area contributed by atoms with Crippen molar-refractivity contribution in [3.8, 4) is 5.75 Å². The van der Waals surface area contributed by atoms with Crippen LogP contribution in [-0.4, -0.2) is 30.5 Å². The van der Waals surface area contributed by atoms with E-state index in [1.54, 1.807) is 12.1 Å². The Hall–Kier alpha value is -1.71. The number of carbonyl (C=O) groups excluding carboxylic acids is 1. The molecule has 0 unspecified atom stereocenters. The van der Waals surface area contributed by atoms with Gasteiger partial charge in [0.25, 0.3) is 5.91 Å². The van der Waals surface area contributed by atoms with Crippen LogP contribution in [0.3, 0.4) is 0 Å². The number of hydrogen-bond acceptors (Lipinski definition) is 3. The zero-order chi connectivity index (χ0) is 13.0. The molecule has 4 heteroatoms. The van der Waals surface area contributed by atoms with Gasteiger partial charge in [0.1, 0.15) is 5.75 Å². The maximum absolute atomic E-state index is 12.0. The predicted molar refractivity (Wildman–Crippen MR) is 71.3 cm³/mol. The van der Waals surface area contributed by atoms with Crippen LogP contribution in [0.25, 0.3) is 0 Å². The highest BCUT2D eigenvalue weighted by Crippen LogP contribution is 2.17. The molecule has 98 valence electrons. The molecule has 2 rings (SSSR count). The van der Waals surface area contributed by atoms with Gasteiger partial charge in [-0.15, -0.1) is 0 Å². The van der Waals surface area contributed by atoms with Crippen molar-refractivity contribution in [3.63, 3.8) is 0 Å². The first kappa shape index (κ1) is 12.7. The summed E-state index contributed by atoms with van der Waals surface area (Å²) in [5.41, 5.74) is 6.30. The van der Waals surface area contributed by atoms with Gasteiger partial charge in [0, 0.05) is 24.8 Å². The van der Waals surface area contributed by atoms with Gasteiger partial charge in [-0.3, -0.25) is 4.79 Å². The SMILES string of the molecule is C[C@@H]1CCCN(C(=O)COc2cccc(N)c2)C1. The molecular weight excluding hydrogens is 228 g/mol. The zero-order valence-electron chi connectivity index (χ0n) is 10.8. The predicted octanol–water partition coefficient (Wildman–Crippen LogP) is 1.91. The summed E-state index contributed by atoms with van der Waals surface area (Å²) in [4.78, 5) is 13.9. The van der Waals surface area contributed by atoms with Crippen molar-refractivity contribution in [2.45, 2.75) is 19.8 Å². The Labute approximate surface area is 108 Å². The standard InChI is InChI=1S/C14H20N2O2/c1-11-4-3-7-16(9-11)14(17)10-18-13-6-2-5-12(15)8-13/h2,5-6,8,11H,3-4,7,9-10,15H2,1H3/t11-/m1/s1. The lowest BCUT2D eigenvalue weighted by molar-refractivity contribution is -0.135. The Kier molecular flexibility index (Phi) is 4.07. The summed E-state index contributed by atoms with van der Waals surface area (Å²) in [5.74, 6) is 1.30. The Morgan fingerprint density at radius 1 is 1.56 bits per heavy atom. The summed E-state index contributed by atoms with van der Waals surface area (Å²) in [7, 11) is 0. The van der Waals surface area contributed by atoms with E-state index in [9.17, 15) is 4.79 Å². The van der Waals surface area contributed by atoms with Crippen LogP contribution in [0.4, 0.5) is 5.69 Å². The van der Waals surface area contributed by atoms with Gasteiger partial charge in [-0.25, -0.2) is 0 Å². The number of rotatable bonds is 3. The molecule has 1 amide bonds. The molecule has 0 saturated carbocycles. The first-order valence-corrected chi connectivity index (χ1v) is 6.41. The maximum atomic E-state index is 12.0. The van der Waals surface area contributed by atoms with Crippen LogP contribution in [0.5, 0.6) is 5.75 Å². The van der Waals surface area contributed by atoms with E-state index >= 15 is 0 Å². The summed E-state index contributed by atoms with van der Waals surface area (Å²) in [6.45, 7) is 3.97. The van der Waals surface area contributed by atoms with Crippen molar-refractivity contribution in [1.29, 1.82) is 0 Å². The molecule has 1 heterocycles. The molecule has 18 heavy (non-hydrogen) atoms. The van der Waals surface area contributed by atoms with Gasteiger partial charge in [-0.2, -0.15) is 0 Å². The number of carbonyl (C=O) groups is 1. The van der Waals surface area contributed by atoms with Crippen molar-refractivity contribution in [2.75, 3.05) is 25.4 Å². The van der Waals surface area contributed by atoms with E-state index in [-0.39, 0.29) is 12.5 Å². The third kappa shape index (κ3) is 3.39. The Morgan fingerprint density at radius 2 is 2.39 bits per heavy atom. The Bertz CT molecular complexity index is 420. The lowest BCUT2D eigenvalue weighted by Crippen LogP contribution is -2.41. The number of anilines is 1. The molecule has 1 fully saturated rings. The van der Waals surface area contributed by atoms with Gasteiger partial charge in [0.15, 0.2) is 6.61 Å². The van der Waals surface area contributed by atoms with E-state index in [1.807, 2.05) is 17.0 Å². The lowest BCUT2D eigenvalue weighted by atomic mass is 10.0. The molecule has 1 aromatic rings. The van der Waals surface area contributed by atoms with Crippen LogP contribution in [-0.2, 0) is 4.79 Å². The molecule has 0 aliphatic carbocycles. The summed E-state index contributed by atoms with van der Waals surface area (Å²) < 4.78 is 5.47. The second kappa shape index (κ2) is 5.76. The second-order valence-electron chi connectivity index (χ2n) is 4.95. The minimum atomic E-state index is 0.0592. The number of likely N-dealkylation sites (tertiary alicyclic amines) is 1. The normalized spacial score (nSPS) is 19.6. The maximum Gasteiger partial charge on any atom is 0.260 e. The Balaban J connectivity index is 1.84. The fraction of sp³-hybridized carbons (Fsp3) is 0.500. The van der Waals surface area contributed by atoms with E-state index in [4.69, 9.17) is 10.5 Å². The lowest BCUT2D eigenvalue weighted by Gasteiger charge is -2.30. The molecule has 4 nitrogen and oxygen atoms in total. The average Bonchev–Trinajstić information content (AvgIpc) is 2.36. The summed E-state index contributed by atoms with van der Waals surface area (Å²) in [5, 5.41) is 0. The first-order chi connectivity index (χ1) is 8.65. The number of ether oxygens (including phenoxy) is 1. The van der Waals surface area contributed by atoms with Gasteiger partial charge in [-0.05, 0) is 30.9 Å². The number of piperidine rings is 1. The van der Waals surface area contributed by atoms with Crippen LogP contribution in [0, 0.1) is 5.92 Å². The number of benzene rings is 1. The highest BCUT2D eigenvalue weighted by Gasteiger charge is 2.20. The van der Waals surface area contributed by atoms with Crippen molar-refractivity contribution in [3.05, 3.63) is 24.3 Å². The molecule has 0 spiro atoms. The number of nitrogens with zero attached hydrogens (tertiary/aromatic N) is 1. The zero-order valence-corrected chi connectivity index (χ0v) is 10.8. The monoisotopic (exact) mass is 248 g/mol. The van der Waals surface area contributed by atoms with E-state index in [0.29, 0.717) is 17.4 Å². The number of hydrogen-bond donors (Lipinski definition) is 1. The second-order valence-corrected chi connectivity index (χ2v) is 4.95. The molecule has 0 aromatic heterocycles. The summed E-state index contributed by atoms with van der Waals surface area (Å²) in [6, 6.07) is 7.15. The number of amides is 1. The molecule has 1 saturated heterocycles. The van der Waals surface area contributed by atoms with E-state index in [0.717, 1.165) is 19.5 Å². The smallest absolute Gasteiger partial charge is 0.260 e. The molecule has 0 radical (unpaired) electrons. The van der Waals surface area contributed by atoms with Crippen molar-refractivity contribution >= 4 is 11.6 Å². The molecule has 0 bridgehead atoms. The fourth-order valence-corrected chi connectivity index (χ4v) is 2.26. The molecule has 1 atom stereocenters. The highest BCUT2D eigenvalue weighted by atomic mass is 16.5. The van der Waals surface area contributed by atoms with Crippen molar-refractivity contribution in [2.24, 2.45) is 5.92 Å². The first-order valence-electron chi connectivity index (χ1n) is 6.41. The minimum absolute atomic E-state index is 0.0592. The van der Waals surface area contributed by atoms with Gasteiger partial charge >= 0.3 is 0 Å². The van der Waals surface area contributed by atoms with Gasteiger partial charge in [0.2, 0.25) is 0 Å². The Morgan fingerprint density at radius 3 is 3.11 bits per heavy atom. The average molecular weight is 248 g/mol. The van der Waals surface area contributed by atoms with Crippen LogP contribution >= 0.6 is 0 Å². The summed E-state index contributed by atoms with van der Waals surface area (Å²) in [6.07, 6.45) is 2.30. The van der Waals surface area contributed by atoms with Crippen molar-refractivity contribution in [1.82, 2.24) is 4.90 Å². The van der Waals surface area contributed by atoms with Crippen LogP contribution < -0.4 is 10.5 Å². The van der Waals surface area contributed by atoms with Crippen LogP contribution in [0.2, 0.25) is 0 Å². The largest absolute Gasteiger partial charge is 0.484 e. The molecule has 1 aromatic carbocycles. The van der Waals surface area contributed by atoms with E-state index in [1.165, 1.54) is 6.42 Å². The van der Waals surface area contributed by atoms with Gasteiger partial charge < -0.3 is 15.4 Å². The molecule has 2 N–H and O–H groups in total.